The molecule has 0 spiro atoms. The van der Waals surface area contributed by atoms with Crippen LogP contribution in [-0.2, 0) is 22.4 Å². The summed E-state index contributed by atoms with van der Waals surface area (Å²) in [5.74, 6) is -0.678. The van der Waals surface area contributed by atoms with Crippen molar-refractivity contribution in [2.45, 2.75) is 47.0 Å². The molecule has 0 bridgehead atoms. The van der Waals surface area contributed by atoms with Gasteiger partial charge in [0.2, 0.25) is 5.78 Å². The molecule has 18 heavy (non-hydrogen) atoms. The fraction of sp³-hybridized carbons (Fsp3) is 0.467. The number of esters is 1. The first-order valence-corrected chi connectivity index (χ1v) is 6.40. The molecule has 3 heteroatoms. The van der Waals surface area contributed by atoms with E-state index in [4.69, 9.17) is 4.74 Å². The molecule has 1 aromatic carbocycles. The first-order chi connectivity index (χ1) is 8.53. The Balaban J connectivity index is 3.13. The molecular formula is C15H20O3. The van der Waals surface area contributed by atoms with E-state index in [-0.39, 0.29) is 6.42 Å². The van der Waals surface area contributed by atoms with Gasteiger partial charge in [0, 0.05) is 6.42 Å². The summed E-state index contributed by atoms with van der Waals surface area (Å²) in [6.45, 7) is 7.68. The molecule has 0 aliphatic carbocycles. The predicted octanol–water partition coefficient (Wildman–Crippen LogP) is 3.00. The number of hydrogen-bond acceptors (Lipinski definition) is 3. The van der Waals surface area contributed by atoms with Crippen molar-refractivity contribution in [3.63, 3.8) is 0 Å². The van der Waals surface area contributed by atoms with Gasteiger partial charge in [0.25, 0.3) is 0 Å². The molecule has 98 valence electrons. The molecule has 0 amide bonds. The maximum absolute atomic E-state index is 11.6. The second-order valence-electron chi connectivity index (χ2n) is 4.29. The second kappa shape index (κ2) is 6.34. The van der Waals surface area contributed by atoms with Crippen LogP contribution in [0.2, 0.25) is 0 Å². The maximum atomic E-state index is 11.6. The molecule has 0 saturated heterocycles. The molecule has 0 aromatic heterocycles. The van der Waals surface area contributed by atoms with Gasteiger partial charge in [0.1, 0.15) is 5.75 Å². The summed E-state index contributed by atoms with van der Waals surface area (Å²) >= 11 is 0. The van der Waals surface area contributed by atoms with E-state index in [2.05, 4.69) is 0 Å². The maximum Gasteiger partial charge on any atom is 0.379 e. The number of aryl methyl sites for hydroxylation is 3. The van der Waals surface area contributed by atoms with Gasteiger partial charge in [-0.05, 0) is 30.9 Å². The van der Waals surface area contributed by atoms with Crippen molar-refractivity contribution in [1.82, 2.24) is 0 Å². The zero-order chi connectivity index (χ0) is 13.7. The lowest BCUT2D eigenvalue weighted by molar-refractivity contribution is -0.147. The van der Waals surface area contributed by atoms with Gasteiger partial charge in [-0.2, -0.15) is 0 Å². The molecule has 0 atom stereocenters. The number of benzene rings is 1. The highest BCUT2D eigenvalue weighted by Gasteiger charge is 2.18. The van der Waals surface area contributed by atoms with Crippen LogP contribution < -0.4 is 4.74 Å². The summed E-state index contributed by atoms with van der Waals surface area (Å²) in [4.78, 5) is 22.9. The van der Waals surface area contributed by atoms with Gasteiger partial charge < -0.3 is 4.74 Å². The normalized spacial score (nSPS) is 10.2. The highest BCUT2D eigenvalue weighted by atomic mass is 16.5. The minimum atomic E-state index is -0.759. The van der Waals surface area contributed by atoms with E-state index in [1.165, 1.54) is 0 Å². The molecule has 0 saturated carbocycles. The summed E-state index contributed by atoms with van der Waals surface area (Å²) in [5.41, 5.74) is 3.10. The second-order valence-corrected chi connectivity index (χ2v) is 4.29. The molecular weight excluding hydrogens is 228 g/mol. The monoisotopic (exact) mass is 248 g/mol. The van der Waals surface area contributed by atoms with Gasteiger partial charge in [0.05, 0.1) is 0 Å². The highest BCUT2D eigenvalue weighted by molar-refractivity contribution is 6.34. The molecule has 0 radical (unpaired) electrons. The van der Waals surface area contributed by atoms with Crippen LogP contribution in [-0.4, -0.2) is 11.8 Å². The van der Waals surface area contributed by atoms with Crippen molar-refractivity contribution < 1.29 is 14.3 Å². The summed E-state index contributed by atoms with van der Waals surface area (Å²) in [6.07, 6.45) is 1.73. The Morgan fingerprint density at radius 3 is 1.94 bits per heavy atom. The van der Waals surface area contributed by atoms with E-state index in [0.717, 1.165) is 29.5 Å². The molecule has 1 aromatic rings. The molecule has 0 N–H and O–H groups in total. The largest absolute Gasteiger partial charge is 0.420 e. The molecule has 1 rings (SSSR count). The van der Waals surface area contributed by atoms with E-state index < -0.39 is 11.8 Å². The van der Waals surface area contributed by atoms with Crippen molar-refractivity contribution >= 4 is 11.8 Å². The third-order valence-corrected chi connectivity index (χ3v) is 2.89. The van der Waals surface area contributed by atoms with Crippen molar-refractivity contribution in [2.75, 3.05) is 0 Å². The number of carbonyl (C=O) groups excluding carboxylic acids is 2. The highest BCUT2D eigenvalue weighted by Crippen LogP contribution is 2.27. The SMILES string of the molecule is CCC(=O)C(=O)Oc1c(CC)cc(C)cc1CC. The first-order valence-electron chi connectivity index (χ1n) is 6.40. The Morgan fingerprint density at radius 1 is 1.06 bits per heavy atom. The van der Waals surface area contributed by atoms with Crippen molar-refractivity contribution in [2.24, 2.45) is 0 Å². The minimum absolute atomic E-state index is 0.174. The van der Waals surface area contributed by atoms with Crippen LogP contribution in [0.4, 0.5) is 0 Å². The Hall–Kier alpha value is -1.64. The lowest BCUT2D eigenvalue weighted by Crippen LogP contribution is -2.20. The number of rotatable bonds is 5. The Labute approximate surface area is 108 Å². The lowest BCUT2D eigenvalue weighted by atomic mass is 10.0. The van der Waals surface area contributed by atoms with Crippen molar-refractivity contribution in [3.05, 3.63) is 28.8 Å². The number of Topliss-reactive ketones (excluding diaryl/α,β-unsaturated/α-hetero) is 1. The van der Waals surface area contributed by atoms with Crippen LogP contribution in [0, 0.1) is 6.92 Å². The van der Waals surface area contributed by atoms with Gasteiger partial charge >= 0.3 is 5.97 Å². The summed E-state index contributed by atoms with van der Waals surface area (Å²) in [7, 11) is 0. The molecule has 0 aliphatic heterocycles. The van der Waals surface area contributed by atoms with Crippen molar-refractivity contribution in [3.8, 4) is 5.75 Å². The fourth-order valence-corrected chi connectivity index (χ4v) is 1.88. The Kier molecular flexibility index (Phi) is 5.08. The summed E-state index contributed by atoms with van der Waals surface area (Å²) in [5, 5.41) is 0. The third kappa shape index (κ3) is 3.19. The summed E-state index contributed by atoms with van der Waals surface area (Å²) in [6, 6.07) is 4.00. The average molecular weight is 248 g/mol. The number of ether oxygens (including phenoxy) is 1. The van der Waals surface area contributed by atoms with E-state index in [1.807, 2.05) is 32.9 Å². The quantitative estimate of drug-likeness (QED) is 0.457. The molecule has 0 aliphatic rings. The van der Waals surface area contributed by atoms with Crippen LogP contribution in [0.5, 0.6) is 5.75 Å². The smallest absolute Gasteiger partial charge is 0.379 e. The van der Waals surface area contributed by atoms with Gasteiger partial charge in [0.15, 0.2) is 0 Å². The molecule has 3 nitrogen and oxygen atoms in total. The van der Waals surface area contributed by atoms with Crippen LogP contribution in [0.3, 0.4) is 0 Å². The van der Waals surface area contributed by atoms with Gasteiger partial charge in [-0.15, -0.1) is 0 Å². The van der Waals surface area contributed by atoms with E-state index in [9.17, 15) is 9.59 Å². The van der Waals surface area contributed by atoms with Gasteiger partial charge in [-0.25, -0.2) is 4.79 Å². The van der Waals surface area contributed by atoms with Crippen LogP contribution in [0.1, 0.15) is 43.9 Å². The van der Waals surface area contributed by atoms with Crippen LogP contribution in [0.25, 0.3) is 0 Å². The topological polar surface area (TPSA) is 43.4 Å². The predicted molar refractivity (Wildman–Crippen MR) is 70.9 cm³/mol. The Morgan fingerprint density at radius 2 is 1.56 bits per heavy atom. The van der Waals surface area contributed by atoms with Crippen LogP contribution >= 0.6 is 0 Å². The fourth-order valence-electron chi connectivity index (χ4n) is 1.88. The minimum Gasteiger partial charge on any atom is -0.420 e. The molecule has 0 fully saturated rings. The average Bonchev–Trinajstić information content (AvgIpc) is 2.38. The molecule has 0 unspecified atom stereocenters. The number of hydrogen-bond donors (Lipinski definition) is 0. The van der Waals surface area contributed by atoms with E-state index in [0.29, 0.717) is 5.75 Å². The number of ketones is 1. The number of carbonyl (C=O) groups is 2. The third-order valence-electron chi connectivity index (χ3n) is 2.89. The van der Waals surface area contributed by atoms with E-state index >= 15 is 0 Å². The zero-order valence-electron chi connectivity index (χ0n) is 11.5. The van der Waals surface area contributed by atoms with Gasteiger partial charge in [-0.3, -0.25) is 4.79 Å². The zero-order valence-corrected chi connectivity index (χ0v) is 11.5. The lowest BCUT2D eigenvalue weighted by Gasteiger charge is -2.13. The Bertz CT molecular complexity index is 436. The van der Waals surface area contributed by atoms with Crippen LogP contribution in [0.15, 0.2) is 12.1 Å². The first kappa shape index (κ1) is 14.4. The standard InChI is InChI=1S/C15H20O3/c1-5-11-8-10(4)9-12(6-2)14(11)18-15(17)13(16)7-3/h8-9H,5-7H2,1-4H3. The van der Waals surface area contributed by atoms with Crippen molar-refractivity contribution in [1.29, 1.82) is 0 Å². The van der Waals surface area contributed by atoms with E-state index in [1.54, 1.807) is 6.92 Å². The molecule has 0 heterocycles. The summed E-state index contributed by atoms with van der Waals surface area (Å²) < 4.78 is 5.28. The van der Waals surface area contributed by atoms with Gasteiger partial charge in [-0.1, -0.05) is 38.5 Å².